The fraction of sp³-hybridized carbons (Fsp3) is 0.714. The van der Waals surface area contributed by atoms with E-state index in [1.54, 1.807) is 13.8 Å². The highest BCUT2D eigenvalue weighted by Gasteiger charge is 2.36. The molecule has 2 aliphatic rings. The number of imide groups is 2. The molecular formula is C14H20N2O4. The second-order valence-electron chi connectivity index (χ2n) is 5.68. The zero-order valence-corrected chi connectivity index (χ0v) is 11.9. The molecule has 0 saturated carbocycles. The van der Waals surface area contributed by atoms with Crippen LogP contribution in [0.5, 0.6) is 0 Å². The number of hydrogen-bond donors (Lipinski definition) is 0. The van der Waals surface area contributed by atoms with Crippen LogP contribution in [0, 0.1) is 11.8 Å². The number of rotatable bonds is 5. The summed E-state index contributed by atoms with van der Waals surface area (Å²) in [6, 6.07) is 0. The Morgan fingerprint density at radius 1 is 0.800 bits per heavy atom. The SMILES string of the molecule is CC1CC(=O)N(CCCCN2C(=O)CC(C)C2=O)C1=O. The summed E-state index contributed by atoms with van der Waals surface area (Å²) in [5.41, 5.74) is 0. The minimum Gasteiger partial charge on any atom is -0.282 e. The highest BCUT2D eigenvalue weighted by Crippen LogP contribution is 2.21. The van der Waals surface area contributed by atoms with Gasteiger partial charge in [-0.15, -0.1) is 0 Å². The van der Waals surface area contributed by atoms with Crippen molar-refractivity contribution in [1.29, 1.82) is 0 Å². The minimum absolute atomic E-state index is 0.114. The highest BCUT2D eigenvalue weighted by atomic mass is 16.2. The molecule has 110 valence electrons. The molecule has 2 fully saturated rings. The lowest BCUT2D eigenvalue weighted by Crippen LogP contribution is -2.33. The standard InChI is InChI=1S/C14H20N2O4/c1-9-7-11(17)15(13(9)19)5-3-4-6-16-12(18)8-10(2)14(16)20/h9-10H,3-8H2,1-2H3. The number of nitrogens with zero attached hydrogens (tertiary/aromatic N) is 2. The van der Waals surface area contributed by atoms with Gasteiger partial charge in [-0.3, -0.25) is 29.0 Å². The van der Waals surface area contributed by atoms with Crippen LogP contribution in [0.3, 0.4) is 0 Å². The van der Waals surface area contributed by atoms with Gasteiger partial charge in [0.1, 0.15) is 0 Å². The molecule has 0 aromatic rings. The van der Waals surface area contributed by atoms with E-state index in [2.05, 4.69) is 0 Å². The van der Waals surface area contributed by atoms with Crippen LogP contribution in [0.1, 0.15) is 39.5 Å². The van der Waals surface area contributed by atoms with Crippen molar-refractivity contribution in [3.05, 3.63) is 0 Å². The van der Waals surface area contributed by atoms with E-state index in [-0.39, 0.29) is 35.5 Å². The molecule has 0 aliphatic carbocycles. The second kappa shape index (κ2) is 5.73. The van der Waals surface area contributed by atoms with Crippen molar-refractivity contribution in [2.75, 3.05) is 13.1 Å². The maximum absolute atomic E-state index is 11.7. The lowest BCUT2D eigenvalue weighted by atomic mass is 10.1. The van der Waals surface area contributed by atoms with E-state index in [1.165, 1.54) is 9.80 Å². The zero-order chi connectivity index (χ0) is 14.9. The van der Waals surface area contributed by atoms with E-state index in [1.807, 2.05) is 0 Å². The molecule has 0 N–H and O–H groups in total. The van der Waals surface area contributed by atoms with Crippen LogP contribution < -0.4 is 0 Å². The molecule has 2 unspecified atom stereocenters. The molecule has 20 heavy (non-hydrogen) atoms. The lowest BCUT2D eigenvalue weighted by Gasteiger charge is -2.16. The van der Waals surface area contributed by atoms with Gasteiger partial charge < -0.3 is 0 Å². The molecule has 2 atom stereocenters. The molecule has 6 nitrogen and oxygen atoms in total. The molecule has 6 heteroatoms. The Morgan fingerprint density at radius 3 is 1.40 bits per heavy atom. The molecule has 2 rings (SSSR count). The molecule has 4 amide bonds. The van der Waals surface area contributed by atoms with Crippen molar-refractivity contribution in [1.82, 2.24) is 9.80 Å². The van der Waals surface area contributed by atoms with Crippen molar-refractivity contribution in [2.24, 2.45) is 11.8 Å². The number of hydrogen-bond acceptors (Lipinski definition) is 4. The van der Waals surface area contributed by atoms with Crippen molar-refractivity contribution in [3.8, 4) is 0 Å². The van der Waals surface area contributed by atoms with Gasteiger partial charge in [-0.1, -0.05) is 13.8 Å². The third kappa shape index (κ3) is 2.73. The summed E-state index contributed by atoms with van der Waals surface area (Å²) in [4.78, 5) is 49.1. The summed E-state index contributed by atoms with van der Waals surface area (Å²) in [5.74, 6) is -0.905. The number of carbonyl (C=O) groups is 4. The first-order valence-corrected chi connectivity index (χ1v) is 7.10. The molecule has 0 radical (unpaired) electrons. The van der Waals surface area contributed by atoms with Crippen molar-refractivity contribution >= 4 is 23.6 Å². The third-order valence-corrected chi connectivity index (χ3v) is 3.95. The monoisotopic (exact) mass is 280 g/mol. The van der Waals surface area contributed by atoms with Crippen LogP contribution in [0.25, 0.3) is 0 Å². The molecular weight excluding hydrogens is 260 g/mol. The lowest BCUT2D eigenvalue weighted by molar-refractivity contribution is -0.141. The van der Waals surface area contributed by atoms with Gasteiger partial charge >= 0.3 is 0 Å². The maximum atomic E-state index is 11.7. The Balaban J connectivity index is 1.75. The number of unbranched alkanes of at least 4 members (excludes halogenated alkanes) is 1. The van der Waals surface area contributed by atoms with Crippen molar-refractivity contribution < 1.29 is 19.2 Å². The summed E-state index contributed by atoms with van der Waals surface area (Å²) in [7, 11) is 0. The Bertz CT molecular complexity index is 418. The fourth-order valence-corrected chi connectivity index (χ4v) is 2.71. The van der Waals surface area contributed by atoms with Crippen molar-refractivity contribution in [3.63, 3.8) is 0 Å². The minimum atomic E-state index is -0.218. The summed E-state index contributed by atoms with van der Waals surface area (Å²) in [6.45, 7) is 4.27. The Kier molecular flexibility index (Phi) is 4.20. The number of amides is 4. The predicted molar refractivity (Wildman–Crippen MR) is 70.2 cm³/mol. The van der Waals surface area contributed by atoms with Crippen LogP contribution in [-0.4, -0.2) is 46.5 Å². The normalized spacial score (nSPS) is 27.1. The number of likely N-dealkylation sites (tertiary alicyclic amines) is 2. The van der Waals surface area contributed by atoms with E-state index in [9.17, 15) is 19.2 Å². The second-order valence-corrected chi connectivity index (χ2v) is 5.68. The largest absolute Gasteiger partial charge is 0.282 e. The smallest absolute Gasteiger partial charge is 0.232 e. The summed E-state index contributed by atoms with van der Waals surface area (Å²) in [5, 5.41) is 0. The molecule has 2 aliphatic heterocycles. The quantitative estimate of drug-likeness (QED) is 0.544. The van der Waals surface area contributed by atoms with Gasteiger partial charge in [0, 0.05) is 37.8 Å². The van der Waals surface area contributed by atoms with Gasteiger partial charge in [-0.25, -0.2) is 0 Å². The Hall–Kier alpha value is -1.72. The molecule has 0 aromatic carbocycles. The van der Waals surface area contributed by atoms with E-state index in [0.717, 1.165) is 0 Å². The summed E-state index contributed by atoms with van der Waals surface area (Å²) < 4.78 is 0. The van der Waals surface area contributed by atoms with Gasteiger partial charge in [0.2, 0.25) is 23.6 Å². The van der Waals surface area contributed by atoms with Crippen LogP contribution in [0.15, 0.2) is 0 Å². The van der Waals surface area contributed by atoms with Crippen LogP contribution in [0.4, 0.5) is 0 Å². The fourth-order valence-electron chi connectivity index (χ4n) is 2.71. The van der Waals surface area contributed by atoms with Crippen LogP contribution in [-0.2, 0) is 19.2 Å². The van der Waals surface area contributed by atoms with Gasteiger partial charge in [-0.05, 0) is 12.8 Å². The van der Waals surface area contributed by atoms with Gasteiger partial charge in [0.15, 0.2) is 0 Å². The average molecular weight is 280 g/mol. The van der Waals surface area contributed by atoms with Gasteiger partial charge in [0.25, 0.3) is 0 Å². The molecule has 0 spiro atoms. The Labute approximate surface area is 118 Å². The predicted octanol–water partition coefficient (Wildman–Crippen LogP) is 0.557. The molecule has 0 aromatic heterocycles. The first-order valence-electron chi connectivity index (χ1n) is 7.10. The first-order chi connectivity index (χ1) is 9.41. The topological polar surface area (TPSA) is 74.8 Å². The van der Waals surface area contributed by atoms with Crippen LogP contribution in [0.2, 0.25) is 0 Å². The van der Waals surface area contributed by atoms with E-state index < -0.39 is 0 Å². The van der Waals surface area contributed by atoms with E-state index >= 15 is 0 Å². The zero-order valence-electron chi connectivity index (χ0n) is 11.9. The number of carbonyl (C=O) groups excluding carboxylic acids is 4. The van der Waals surface area contributed by atoms with Gasteiger partial charge in [0.05, 0.1) is 0 Å². The van der Waals surface area contributed by atoms with Crippen molar-refractivity contribution in [2.45, 2.75) is 39.5 Å². The Morgan fingerprint density at radius 2 is 1.15 bits per heavy atom. The van der Waals surface area contributed by atoms with E-state index in [0.29, 0.717) is 38.8 Å². The van der Waals surface area contributed by atoms with Crippen LogP contribution >= 0.6 is 0 Å². The third-order valence-electron chi connectivity index (χ3n) is 3.95. The van der Waals surface area contributed by atoms with E-state index in [4.69, 9.17) is 0 Å². The first kappa shape index (κ1) is 14.7. The molecule has 2 saturated heterocycles. The maximum Gasteiger partial charge on any atom is 0.232 e. The summed E-state index contributed by atoms with van der Waals surface area (Å²) in [6.07, 6.45) is 1.82. The molecule has 0 bridgehead atoms. The average Bonchev–Trinajstić information content (AvgIpc) is 2.76. The highest BCUT2D eigenvalue weighted by molar-refractivity contribution is 6.03. The van der Waals surface area contributed by atoms with Gasteiger partial charge in [-0.2, -0.15) is 0 Å². The summed E-state index contributed by atoms with van der Waals surface area (Å²) >= 11 is 0. The molecule has 2 heterocycles.